The van der Waals surface area contributed by atoms with Crippen LogP contribution in [0.1, 0.15) is 11.1 Å². The third-order valence-electron chi connectivity index (χ3n) is 4.56. The van der Waals surface area contributed by atoms with Gasteiger partial charge in [-0.2, -0.15) is 0 Å². The van der Waals surface area contributed by atoms with E-state index in [9.17, 15) is 0 Å². The summed E-state index contributed by atoms with van der Waals surface area (Å²) in [7, 11) is 4.40. The molecular weight excluding hydrogens is 268 g/mol. The molecule has 2 aromatic carbocycles. The predicted molar refractivity (Wildman–Crippen MR) is 91.5 cm³/mol. The molecule has 3 aromatic rings. The molecule has 0 fully saturated rings. The Morgan fingerprint density at radius 1 is 0.636 bits per heavy atom. The van der Waals surface area contributed by atoms with Crippen molar-refractivity contribution in [2.75, 3.05) is 7.05 Å². The number of benzene rings is 2. The summed E-state index contributed by atoms with van der Waals surface area (Å²) in [5.74, 6) is 0. The molecule has 4 rings (SSSR count). The monoisotopic (exact) mass is 288 g/mol. The van der Waals surface area contributed by atoms with Crippen LogP contribution in [0.3, 0.4) is 0 Å². The minimum Gasteiger partial charge on any atom is -0.343 e. The molecule has 2 heteroatoms. The number of hydrogen-bond donors (Lipinski definition) is 0. The van der Waals surface area contributed by atoms with Crippen LogP contribution in [0.25, 0.3) is 22.5 Å². The third kappa shape index (κ3) is 1.99. The van der Waals surface area contributed by atoms with Crippen LogP contribution >= 0.6 is 0 Å². The van der Waals surface area contributed by atoms with Crippen molar-refractivity contribution in [1.82, 2.24) is 9.47 Å². The molecule has 0 radical (unpaired) electrons. The zero-order valence-electron chi connectivity index (χ0n) is 13.1. The van der Waals surface area contributed by atoms with E-state index in [0.717, 1.165) is 13.1 Å². The van der Waals surface area contributed by atoms with Gasteiger partial charge in [-0.25, -0.2) is 0 Å². The van der Waals surface area contributed by atoms with Gasteiger partial charge in [-0.05, 0) is 29.3 Å². The average Bonchev–Trinajstić information content (AvgIpc) is 3.02. The Balaban J connectivity index is 1.98. The Morgan fingerprint density at radius 2 is 1.05 bits per heavy atom. The Hall–Kier alpha value is -2.32. The Kier molecular flexibility index (Phi) is 3.12. The van der Waals surface area contributed by atoms with Crippen molar-refractivity contribution < 1.29 is 0 Å². The highest BCUT2D eigenvalue weighted by atomic mass is 15.1. The summed E-state index contributed by atoms with van der Waals surface area (Å²) in [6, 6.07) is 21.5. The second kappa shape index (κ2) is 5.15. The molecule has 0 amide bonds. The maximum Gasteiger partial charge on any atom is 0.0531 e. The first-order valence-corrected chi connectivity index (χ1v) is 7.75. The number of aromatic nitrogens is 1. The van der Waals surface area contributed by atoms with E-state index in [0.29, 0.717) is 0 Å². The maximum absolute atomic E-state index is 2.39. The molecular formula is C20H20N2. The lowest BCUT2D eigenvalue weighted by Crippen LogP contribution is -2.10. The molecule has 0 N–H and O–H groups in total. The fourth-order valence-electron chi connectivity index (χ4n) is 3.67. The highest BCUT2D eigenvalue weighted by molar-refractivity contribution is 5.77. The molecule has 2 nitrogen and oxygen atoms in total. The normalized spacial score (nSPS) is 14.3. The van der Waals surface area contributed by atoms with Gasteiger partial charge in [0.25, 0.3) is 0 Å². The molecule has 0 bridgehead atoms. The fraction of sp³-hybridized carbons (Fsp3) is 0.200. The quantitative estimate of drug-likeness (QED) is 0.682. The molecule has 0 spiro atoms. The molecule has 0 atom stereocenters. The standard InChI is InChI=1S/C20H20N2/c1-21-13-17-18(14-21)20(16-11-7-4-8-12-16)22(2)19(17)15-9-5-3-6-10-15/h3-12H,13-14H2,1-2H3. The van der Waals surface area contributed by atoms with E-state index in [1.54, 1.807) is 0 Å². The van der Waals surface area contributed by atoms with Gasteiger partial charge in [-0.1, -0.05) is 60.7 Å². The van der Waals surface area contributed by atoms with E-state index in [1.165, 1.54) is 33.6 Å². The van der Waals surface area contributed by atoms with Crippen molar-refractivity contribution in [3.05, 3.63) is 71.8 Å². The van der Waals surface area contributed by atoms with Crippen molar-refractivity contribution >= 4 is 0 Å². The van der Waals surface area contributed by atoms with Crippen LogP contribution in [0.4, 0.5) is 0 Å². The molecule has 110 valence electrons. The average molecular weight is 288 g/mol. The smallest absolute Gasteiger partial charge is 0.0531 e. The van der Waals surface area contributed by atoms with Gasteiger partial charge in [-0.15, -0.1) is 0 Å². The van der Waals surface area contributed by atoms with Crippen LogP contribution in [0.15, 0.2) is 60.7 Å². The van der Waals surface area contributed by atoms with Crippen LogP contribution < -0.4 is 0 Å². The number of nitrogens with zero attached hydrogens (tertiary/aromatic N) is 2. The van der Waals surface area contributed by atoms with Gasteiger partial charge in [0, 0.05) is 20.1 Å². The second-order valence-corrected chi connectivity index (χ2v) is 6.12. The van der Waals surface area contributed by atoms with Gasteiger partial charge in [0.2, 0.25) is 0 Å². The predicted octanol–water partition coefficient (Wildman–Crippen LogP) is 4.30. The summed E-state index contributed by atoms with van der Waals surface area (Å²) in [6.07, 6.45) is 0. The van der Waals surface area contributed by atoms with Crippen LogP contribution in [0.2, 0.25) is 0 Å². The van der Waals surface area contributed by atoms with Gasteiger partial charge in [0.1, 0.15) is 0 Å². The first-order chi connectivity index (χ1) is 10.8. The summed E-state index contributed by atoms with van der Waals surface area (Å²) in [5, 5.41) is 0. The molecule has 2 heterocycles. The molecule has 1 aromatic heterocycles. The topological polar surface area (TPSA) is 8.17 Å². The first-order valence-electron chi connectivity index (χ1n) is 7.75. The van der Waals surface area contributed by atoms with Crippen molar-refractivity contribution in [2.45, 2.75) is 13.1 Å². The van der Waals surface area contributed by atoms with Gasteiger partial charge in [0.05, 0.1) is 11.4 Å². The summed E-state index contributed by atoms with van der Waals surface area (Å²) in [6.45, 7) is 2.06. The van der Waals surface area contributed by atoms with Crippen molar-refractivity contribution in [3.63, 3.8) is 0 Å². The Labute approximate surface area is 131 Å². The highest BCUT2D eigenvalue weighted by Gasteiger charge is 2.28. The van der Waals surface area contributed by atoms with Gasteiger partial charge in [-0.3, -0.25) is 4.90 Å². The maximum atomic E-state index is 2.39. The molecule has 22 heavy (non-hydrogen) atoms. The highest BCUT2D eigenvalue weighted by Crippen LogP contribution is 2.40. The number of hydrogen-bond acceptors (Lipinski definition) is 1. The lowest BCUT2D eigenvalue weighted by atomic mass is 10.0. The Bertz CT molecular complexity index is 734. The van der Waals surface area contributed by atoms with E-state index in [1.807, 2.05) is 0 Å². The van der Waals surface area contributed by atoms with Crippen LogP contribution in [0, 0.1) is 0 Å². The molecule has 0 saturated heterocycles. The molecule has 0 unspecified atom stereocenters. The van der Waals surface area contributed by atoms with Crippen molar-refractivity contribution in [3.8, 4) is 22.5 Å². The van der Waals surface area contributed by atoms with Gasteiger partial charge in [0.15, 0.2) is 0 Å². The van der Waals surface area contributed by atoms with E-state index in [4.69, 9.17) is 0 Å². The molecule has 1 aliphatic heterocycles. The van der Waals surface area contributed by atoms with Gasteiger partial charge < -0.3 is 4.57 Å². The van der Waals surface area contributed by atoms with E-state index in [2.05, 4.69) is 84.2 Å². The number of rotatable bonds is 2. The van der Waals surface area contributed by atoms with Gasteiger partial charge >= 0.3 is 0 Å². The SMILES string of the molecule is CN1Cc2c(c(-c3ccccc3)n(C)c2-c2ccccc2)C1. The van der Waals surface area contributed by atoms with E-state index < -0.39 is 0 Å². The third-order valence-corrected chi connectivity index (χ3v) is 4.56. The summed E-state index contributed by atoms with van der Waals surface area (Å²) >= 11 is 0. The number of fused-ring (bicyclic) bond motifs is 1. The van der Waals surface area contributed by atoms with Crippen molar-refractivity contribution in [2.24, 2.45) is 7.05 Å². The zero-order chi connectivity index (χ0) is 15.1. The minimum atomic E-state index is 1.03. The summed E-state index contributed by atoms with van der Waals surface area (Å²) in [4.78, 5) is 2.39. The lowest BCUT2D eigenvalue weighted by molar-refractivity contribution is 0.352. The van der Waals surface area contributed by atoms with E-state index in [-0.39, 0.29) is 0 Å². The lowest BCUT2D eigenvalue weighted by Gasteiger charge is -2.14. The Morgan fingerprint density at radius 3 is 1.45 bits per heavy atom. The second-order valence-electron chi connectivity index (χ2n) is 6.12. The van der Waals surface area contributed by atoms with E-state index >= 15 is 0 Å². The van der Waals surface area contributed by atoms with Crippen LogP contribution in [-0.4, -0.2) is 16.5 Å². The zero-order valence-corrected chi connectivity index (χ0v) is 13.1. The molecule has 0 saturated carbocycles. The van der Waals surface area contributed by atoms with Crippen molar-refractivity contribution in [1.29, 1.82) is 0 Å². The fourth-order valence-corrected chi connectivity index (χ4v) is 3.67. The summed E-state index contributed by atoms with van der Waals surface area (Å²) in [5.41, 5.74) is 8.29. The molecule has 1 aliphatic rings. The minimum absolute atomic E-state index is 1.03. The largest absolute Gasteiger partial charge is 0.343 e. The molecule has 0 aliphatic carbocycles. The van der Waals surface area contributed by atoms with Crippen LogP contribution in [-0.2, 0) is 20.1 Å². The summed E-state index contributed by atoms with van der Waals surface area (Å²) < 4.78 is 2.38. The van der Waals surface area contributed by atoms with Crippen LogP contribution in [0.5, 0.6) is 0 Å². The first kappa shape index (κ1) is 13.4.